The Kier molecular flexibility index (Phi) is 2.30. The average molecular weight is 259 g/mol. The summed E-state index contributed by atoms with van der Waals surface area (Å²) in [5, 5.41) is 8.11. The molecule has 0 bridgehead atoms. The second kappa shape index (κ2) is 3.84. The maximum absolute atomic E-state index is 5.62. The summed E-state index contributed by atoms with van der Waals surface area (Å²) in [6, 6.07) is 0. The fraction of sp³-hybridized carbons (Fsp3) is 0.100. The summed E-state index contributed by atoms with van der Waals surface area (Å²) >= 11 is 4.96. The number of aryl methyl sites for hydroxylation is 1. The van der Waals surface area contributed by atoms with Crippen molar-refractivity contribution < 1.29 is 0 Å². The number of hydrogen-bond acceptors (Lipinski definition) is 5. The molecule has 7 nitrogen and oxygen atoms in total. The van der Waals surface area contributed by atoms with Crippen molar-refractivity contribution in [3.8, 4) is 5.82 Å². The molecule has 0 fully saturated rings. The second-order valence-electron chi connectivity index (χ2n) is 3.68. The van der Waals surface area contributed by atoms with Crippen LogP contribution in [-0.2, 0) is 0 Å². The van der Waals surface area contributed by atoms with Crippen molar-refractivity contribution >= 4 is 22.9 Å². The molecular weight excluding hydrogens is 250 g/mol. The molecular formula is C10H9N7S. The lowest BCUT2D eigenvalue weighted by molar-refractivity contribution is 0.949. The Balaban J connectivity index is 2.32. The molecule has 8 heteroatoms. The number of hydrogen-bond donors (Lipinski definition) is 1. The fourth-order valence-electron chi connectivity index (χ4n) is 1.76. The van der Waals surface area contributed by atoms with Crippen LogP contribution in [0, 0.1) is 6.92 Å². The Morgan fingerprint density at radius 3 is 2.78 bits per heavy atom. The SMILES string of the molecule is Cc1nnc2c(-n3ccnc3C(N)=S)nccn12. The molecule has 0 aliphatic carbocycles. The zero-order valence-electron chi connectivity index (χ0n) is 9.48. The molecule has 3 rings (SSSR count). The summed E-state index contributed by atoms with van der Waals surface area (Å²) in [6.07, 6.45) is 6.82. The van der Waals surface area contributed by atoms with Crippen LogP contribution >= 0.6 is 12.2 Å². The van der Waals surface area contributed by atoms with Gasteiger partial charge >= 0.3 is 0 Å². The van der Waals surface area contributed by atoms with E-state index >= 15 is 0 Å². The predicted molar refractivity (Wildman–Crippen MR) is 68.5 cm³/mol. The number of aromatic nitrogens is 6. The monoisotopic (exact) mass is 259 g/mol. The minimum atomic E-state index is 0.208. The average Bonchev–Trinajstić information content (AvgIpc) is 2.96. The Hall–Kier alpha value is -2.35. The largest absolute Gasteiger partial charge is 0.387 e. The lowest BCUT2D eigenvalue weighted by Crippen LogP contribution is -2.17. The van der Waals surface area contributed by atoms with Crippen LogP contribution in [0.25, 0.3) is 11.5 Å². The van der Waals surface area contributed by atoms with Crippen LogP contribution in [0.15, 0.2) is 24.8 Å². The van der Waals surface area contributed by atoms with Gasteiger partial charge in [-0.3, -0.25) is 8.97 Å². The van der Waals surface area contributed by atoms with Crippen LogP contribution in [0.4, 0.5) is 0 Å². The Morgan fingerprint density at radius 2 is 2.00 bits per heavy atom. The third-order valence-electron chi connectivity index (χ3n) is 2.57. The molecule has 0 aliphatic heterocycles. The van der Waals surface area contributed by atoms with Gasteiger partial charge in [-0.05, 0) is 6.92 Å². The van der Waals surface area contributed by atoms with E-state index in [1.54, 1.807) is 29.4 Å². The van der Waals surface area contributed by atoms with Crippen LogP contribution in [0.1, 0.15) is 11.6 Å². The molecule has 0 aliphatic rings. The van der Waals surface area contributed by atoms with Crippen LogP contribution in [-0.4, -0.2) is 34.1 Å². The van der Waals surface area contributed by atoms with Gasteiger partial charge in [-0.15, -0.1) is 10.2 Å². The van der Waals surface area contributed by atoms with Gasteiger partial charge in [0.1, 0.15) is 10.8 Å². The fourth-order valence-corrected chi connectivity index (χ4v) is 1.91. The van der Waals surface area contributed by atoms with E-state index in [0.29, 0.717) is 17.3 Å². The van der Waals surface area contributed by atoms with Crippen molar-refractivity contribution in [3.05, 3.63) is 36.4 Å². The number of thiocarbonyl (C=S) groups is 1. The second-order valence-corrected chi connectivity index (χ2v) is 4.12. The summed E-state index contributed by atoms with van der Waals surface area (Å²) in [4.78, 5) is 8.60. The predicted octanol–water partition coefficient (Wildman–Crippen LogP) is 0.253. The Morgan fingerprint density at radius 1 is 1.22 bits per heavy atom. The van der Waals surface area contributed by atoms with Crippen LogP contribution < -0.4 is 5.73 Å². The molecule has 0 spiro atoms. The smallest absolute Gasteiger partial charge is 0.204 e. The summed E-state index contributed by atoms with van der Waals surface area (Å²) in [7, 11) is 0. The first-order valence-electron chi connectivity index (χ1n) is 5.18. The molecule has 0 radical (unpaired) electrons. The minimum Gasteiger partial charge on any atom is -0.387 e. The van der Waals surface area contributed by atoms with Crippen molar-refractivity contribution in [1.29, 1.82) is 0 Å². The molecule has 3 heterocycles. The lowest BCUT2D eigenvalue weighted by Gasteiger charge is -2.06. The number of nitrogens with zero attached hydrogens (tertiary/aromatic N) is 6. The van der Waals surface area contributed by atoms with Gasteiger partial charge in [0.05, 0.1) is 0 Å². The maximum atomic E-state index is 5.62. The molecule has 90 valence electrons. The standard InChI is InChI=1S/C10H9N7S/c1-6-14-15-10-9(13-2-4-16(6)10)17-5-3-12-8(17)7(11)18/h2-5H,1H3,(H2,11,18). The Labute approximate surface area is 107 Å². The molecule has 0 atom stereocenters. The number of imidazole rings is 1. The first kappa shape index (κ1) is 10.8. The summed E-state index contributed by atoms with van der Waals surface area (Å²) in [5.74, 6) is 1.86. The summed E-state index contributed by atoms with van der Waals surface area (Å²) < 4.78 is 3.54. The van der Waals surface area contributed by atoms with E-state index in [9.17, 15) is 0 Å². The van der Waals surface area contributed by atoms with E-state index in [2.05, 4.69) is 20.2 Å². The molecule has 0 amide bonds. The minimum absolute atomic E-state index is 0.208. The zero-order chi connectivity index (χ0) is 12.7. The van der Waals surface area contributed by atoms with Crippen LogP contribution in [0.3, 0.4) is 0 Å². The van der Waals surface area contributed by atoms with Crippen molar-refractivity contribution in [2.24, 2.45) is 5.73 Å². The van der Waals surface area contributed by atoms with E-state index in [1.165, 1.54) is 0 Å². The molecule has 0 saturated carbocycles. The van der Waals surface area contributed by atoms with Crippen molar-refractivity contribution in [2.75, 3.05) is 0 Å². The van der Waals surface area contributed by atoms with Crippen molar-refractivity contribution in [2.45, 2.75) is 6.92 Å². The van der Waals surface area contributed by atoms with Gasteiger partial charge in [-0.1, -0.05) is 12.2 Å². The van der Waals surface area contributed by atoms with E-state index < -0.39 is 0 Å². The summed E-state index contributed by atoms with van der Waals surface area (Å²) in [5.41, 5.74) is 6.25. The van der Waals surface area contributed by atoms with Gasteiger partial charge in [0, 0.05) is 24.8 Å². The first-order chi connectivity index (χ1) is 8.68. The molecule has 2 N–H and O–H groups in total. The molecule has 3 aromatic rings. The Bertz CT molecular complexity index is 742. The van der Waals surface area contributed by atoms with Crippen molar-refractivity contribution in [1.82, 2.24) is 29.1 Å². The molecule has 0 unspecified atom stereocenters. The van der Waals surface area contributed by atoms with Crippen LogP contribution in [0.5, 0.6) is 0 Å². The van der Waals surface area contributed by atoms with Gasteiger partial charge in [0.15, 0.2) is 11.6 Å². The van der Waals surface area contributed by atoms with Crippen molar-refractivity contribution in [3.63, 3.8) is 0 Å². The molecule has 18 heavy (non-hydrogen) atoms. The third-order valence-corrected chi connectivity index (χ3v) is 2.75. The number of fused-ring (bicyclic) bond motifs is 1. The van der Waals surface area contributed by atoms with E-state index in [1.807, 2.05) is 11.3 Å². The summed E-state index contributed by atoms with van der Waals surface area (Å²) in [6.45, 7) is 1.87. The van der Waals surface area contributed by atoms with E-state index in [0.717, 1.165) is 5.82 Å². The first-order valence-corrected chi connectivity index (χ1v) is 5.59. The molecule has 3 aromatic heterocycles. The highest BCUT2D eigenvalue weighted by molar-refractivity contribution is 7.80. The van der Waals surface area contributed by atoms with Crippen LogP contribution in [0.2, 0.25) is 0 Å². The van der Waals surface area contributed by atoms with Gasteiger partial charge in [0.25, 0.3) is 0 Å². The maximum Gasteiger partial charge on any atom is 0.204 e. The number of nitrogens with two attached hydrogens (primary N) is 1. The molecule has 0 saturated heterocycles. The van der Waals surface area contributed by atoms with E-state index in [-0.39, 0.29) is 4.99 Å². The topological polar surface area (TPSA) is 86.9 Å². The van der Waals surface area contributed by atoms with Gasteiger partial charge < -0.3 is 5.73 Å². The third kappa shape index (κ3) is 1.46. The number of rotatable bonds is 2. The van der Waals surface area contributed by atoms with Gasteiger partial charge in [-0.25, -0.2) is 9.97 Å². The highest BCUT2D eigenvalue weighted by Gasteiger charge is 2.14. The quantitative estimate of drug-likeness (QED) is 0.664. The normalized spacial score (nSPS) is 10.9. The molecule has 0 aromatic carbocycles. The zero-order valence-corrected chi connectivity index (χ0v) is 10.3. The highest BCUT2D eigenvalue weighted by atomic mass is 32.1. The highest BCUT2D eigenvalue weighted by Crippen LogP contribution is 2.13. The van der Waals surface area contributed by atoms with Gasteiger partial charge in [-0.2, -0.15) is 0 Å². The van der Waals surface area contributed by atoms with Gasteiger partial charge in [0.2, 0.25) is 5.65 Å². The van der Waals surface area contributed by atoms with E-state index in [4.69, 9.17) is 18.0 Å². The lowest BCUT2D eigenvalue weighted by atomic mass is 10.5.